The van der Waals surface area contributed by atoms with Gasteiger partial charge in [0.25, 0.3) is 0 Å². The Morgan fingerprint density at radius 3 is 2.75 bits per heavy atom. The molecule has 0 amide bonds. The zero-order valence-electron chi connectivity index (χ0n) is 8.91. The first-order valence-corrected chi connectivity index (χ1v) is 6.28. The van der Waals surface area contributed by atoms with Crippen LogP contribution in [0.15, 0.2) is 41.0 Å². The number of nitrogens with zero attached hydrogens (tertiary/aromatic N) is 1. The van der Waals surface area contributed by atoms with Gasteiger partial charge in [0.2, 0.25) is 0 Å². The molecule has 1 aromatic heterocycles. The van der Waals surface area contributed by atoms with E-state index in [1.54, 1.807) is 0 Å². The fraction of sp³-hybridized carbons (Fsp3) is 0.231. The lowest BCUT2D eigenvalue weighted by atomic mass is 10.1. The first-order chi connectivity index (χ1) is 7.84. The van der Waals surface area contributed by atoms with Crippen LogP contribution in [0.2, 0.25) is 0 Å². The lowest BCUT2D eigenvalue weighted by Crippen LogP contribution is -2.27. The van der Waals surface area contributed by atoms with Gasteiger partial charge in [-0.05, 0) is 23.8 Å². The molecule has 0 unspecified atom stereocenters. The van der Waals surface area contributed by atoms with Gasteiger partial charge in [-0.25, -0.2) is 0 Å². The molecule has 0 fully saturated rings. The summed E-state index contributed by atoms with van der Waals surface area (Å²) in [6, 6.07) is 10.7. The second kappa shape index (κ2) is 4.07. The topological polar surface area (TPSA) is 17.0 Å². The smallest absolute Gasteiger partial charge is 0.0394 e. The van der Waals surface area contributed by atoms with Crippen molar-refractivity contribution in [3.8, 4) is 11.1 Å². The number of nitrogens with one attached hydrogen (secondary N) is 1. The molecule has 0 bridgehead atoms. The van der Waals surface area contributed by atoms with Crippen molar-refractivity contribution >= 4 is 15.9 Å². The molecule has 0 saturated carbocycles. The van der Waals surface area contributed by atoms with E-state index in [0.29, 0.717) is 0 Å². The van der Waals surface area contributed by atoms with Crippen LogP contribution in [0.5, 0.6) is 0 Å². The number of hydrogen-bond acceptors (Lipinski definition) is 1. The molecule has 16 heavy (non-hydrogen) atoms. The monoisotopic (exact) mass is 276 g/mol. The van der Waals surface area contributed by atoms with Crippen molar-refractivity contribution in [2.45, 2.75) is 13.1 Å². The Kier molecular flexibility index (Phi) is 2.58. The van der Waals surface area contributed by atoms with Crippen molar-refractivity contribution in [1.29, 1.82) is 0 Å². The fourth-order valence-corrected chi connectivity index (χ4v) is 2.47. The van der Waals surface area contributed by atoms with Gasteiger partial charge < -0.3 is 9.88 Å². The first-order valence-electron chi connectivity index (χ1n) is 5.49. The zero-order valence-corrected chi connectivity index (χ0v) is 10.5. The number of aromatic nitrogens is 1. The van der Waals surface area contributed by atoms with E-state index in [1.807, 2.05) is 0 Å². The number of rotatable bonds is 1. The van der Waals surface area contributed by atoms with Gasteiger partial charge in [0.15, 0.2) is 0 Å². The van der Waals surface area contributed by atoms with E-state index in [1.165, 1.54) is 16.8 Å². The molecule has 2 aromatic rings. The summed E-state index contributed by atoms with van der Waals surface area (Å²) >= 11 is 3.47. The van der Waals surface area contributed by atoms with Crippen LogP contribution in [0.25, 0.3) is 11.1 Å². The number of benzene rings is 1. The molecule has 1 aromatic carbocycles. The van der Waals surface area contributed by atoms with Crippen LogP contribution in [0, 0.1) is 0 Å². The second-order valence-electron chi connectivity index (χ2n) is 4.05. The van der Waals surface area contributed by atoms with Crippen molar-refractivity contribution in [3.63, 3.8) is 0 Å². The summed E-state index contributed by atoms with van der Waals surface area (Å²) < 4.78 is 3.47. The maximum atomic E-state index is 3.47. The van der Waals surface area contributed by atoms with Crippen molar-refractivity contribution < 1.29 is 0 Å². The summed E-state index contributed by atoms with van der Waals surface area (Å²) in [7, 11) is 0. The van der Waals surface area contributed by atoms with E-state index < -0.39 is 0 Å². The Balaban J connectivity index is 2.06. The van der Waals surface area contributed by atoms with Crippen LogP contribution >= 0.6 is 15.9 Å². The molecule has 2 nitrogen and oxygen atoms in total. The van der Waals surface area contributed by atoms with Gasteiger partial charge in [-0.2, -0.15) is 0 Å². The number of halogens is 1. The molecular formula is C13H13BrN2. The second-order valence-corrected chi connectivity index (χ2v) is 4.97. The molecule has 1 aliphatic heterocycles. The van der Waals surface area contributed by atoms with Gasteiger partial charge in [0.05, 0.1) is 0 Å². The van der Waals surface area contributed by atoms with Gasteiger partial charge in [0, 0.05) is 41.6 Å². The highest BCUT2D eigenvalue weighted by Gasteiger charge is 2.13. The van der Waals surface area contributed by atoms with Crippen LogP contribution in [0.3, 0.4) is 0 Å². The van der Waals surface area contributed by atoms with E-state index in [-0.39, 0.29) is 0 Å². The third-order valence-corrected chi connectivity index (χ3v) is 3.58. The minimum Gasteiger partial charge on any atom is -0.348 e. The number of hydrogen-bond donors (Lipinski definition) is 1. The molecule has 1 N–H and O–H groups in total. The summed E-state index contributed by atoms with van der Waals surface area (Å²) in [5.41, 5.74) is 4.04. The molecule has 0 saturated heterocycles. The average molecular weight is 277 g/mol. The minimum absolute atomic E-state index is 0.971. The molecule has 0 radical (unpaired) electrons. The normalized spacial score (nSPS) is 14.8. The maximum absolute atomic E-state index is 3.47. The summed E-state index contributed by atoms with van der Waals surface area (Å²) in [4.78, 5) is 0. The largest absolute Gasteiger partial charge is 0.348 e. The number of fused-ring (bicyclic) bond motifs is 1. The molecule has 82 valence electrons. The first kappa shape index (κ1) is 10.1. The maximum Gasteiger partial charge on any atom is 0.0394 e. The lowest BCUT2D eigenvalue weighted by Gasteiger charge is -2.18. The molecule has 3 rings (SSSR count). The summed E-state index contributed by atoms with van der Waals surface area (Å²) in [5.74, 6) is 0. The quantitative estimate of drug-likeness (QED) is 0.847. The third kappa shape index (κ3) is 1.70. The minimum atomic E-state index is 0.971. The zero-order chi connectivity index (χ0) is 11.0. The molecule has 0 atom stereocenters. The summed E-state index contributed by atoms with van der Waals surface area (Å²) in [5, 5.41) is 3.42. The van der Waals surface area contributed by atoms with Crippen LogP contribution in [-0.4, -0.2) is 11.1 Å². The fourth-order valence-electron chi connectivity index (χ4n) is 2.21. The van der Waals surface area contributed by atoms with E-state index >= 15 is 0 Å². The third-order valence-electron chi connectivity index (χ3n) is 3.06. The molecular weight excluding hydrogens is 264 g/mol. The molecule has 0 aliphatic carbocycles. The molecule has 0 spiro atoms. The van der Waals surface area contributed by atoms with E-state index in [4.69, 9.17) is 0 Å². The Bertz CT molecular complexity index is 499. The molecule has 2 heterocycles. The Morgan fingerprint density at radius 2 is 1.94 bits per heavy atom. The van der Waals surface area contributed by atoms with Crippen molar-refractivity contribution in [2.24, 2.45) is 0 Å². The van der Waals surface area contributed by atoms with Crippen LogP contribution in [0.1, 0.15) is 5.69 Å². The Morgan fingerprint density at radius 1 is 1.12 bits per heavy atom. The van der Waals surface area contributed by atoms with Crippen LogP contribution in [0.4, 0.5) is 0 Å². The van der Waals surface area contributed by atoms with Gasteiger partial charge in [0.1, 0.15) is 0 Å². The molecule has 3 heteroatoms. The van der Waals surface area contributed by atoms with E-state index in [2.05, 4.69) is 62.3 Å². The van der Waals surface area contributed by atoms with E-state index in [0.717, 1.165) is 24.1 Å². The van der Waals surface area contributed by atoms with Gasteiger partial charge >= 0.3 is 0 Å². The van der Waals surface area contributed by atoms with Gasteiger partial charge in [-0.3, -0.25) is 0 Å². The standard InChI is InChI=1S/C13H13BrN2/c14-11-3-1-10(2-4-11)12-5-7-16-8-6-15-9-13(12)16/h1-5,7,15H,6,8-9H2. The summed E-state index contributed by atoms with van der Waals surface area (Å²) in [6.07, 6.45) is 2.19. The van der Waals surface area contributed by atoms with Crippen molar-refractivity contribution in [1.82, 2.24) is 9.88 Å². The highest BCUT2D eigenvalue weighted by Crippen LogP contribution is 2.27. The van der Waals surface area contributed by atoms with Gasteiger partial charge in [-0.15, -0.1) is 0 Å². The SMILES string of the molecule is Brc1ccc(-c2ccn3c2CNCC3)cc1. The summed E-state index contributed by atoms with van der Waals surface area (Å²) in [6.45, 7) is 3.12. The average Bonchev–Trinajstić information content (AvgIpc) is 2.74. The van der Waals surface area contributed by atoms with Crippen LogP contribution < -0.4 is 5.32 Å². The van der Waals surface area contributed by atoms with Crippen molar-refractivity contribution in [3.05, 3.63) is 46.7 Å². The highest BCUT2D eigenvalue weighted by atomic mass is 79.9. The van der Waals surface area contributed by atoms with Crippen molar-refractivity contribution in [2.75, 3.05) is 6.54 Å². The predicted octanol–water partition coefficient (Wildman–Crippen LogP) is 3.02. The Labute approximate surface area is 103 Å². The lowest BCUT2D eigenvalue weighted by molar-refractivity contribution is 0.518. The molecule has 1 aliphatic rings. The highest BCUT2D eigenvalue weighted by molar-refractivity contribution is 9.10. The predicted molar refractivity (Wildman–Crippen MR) is 69.3 cm³/mol. The Hall–Kier alpha value is -1.06. The van der Waals surface area contributed by atoms with Gasteiger partial charge in [-0.1, -0.05) is 28.1 Å². The van der Waals surface area contributed by atoms with E-state index in [9.17, 15) is 0 Å². The van der Waals surface area contributed by atoms with Crippen LogP contribution in [-0.2, 0) is 13.1 Å².